The molecule has 3 aromatic carbocycles. The van der Waals surface area contributed by atoms with Gasteiger partial charge in [-0.1, -0.05) is 11.6 Å². The minimum atomic E-state index is -4.07. The summed E-state index contributed by atoms with van der Waals surface area (Å²) in [7, 11) is -2.69. The van der Waals surface area contributed by atoms with Gasteiger partial charge >= 0.3 is 10.1 Å². The van der Waals surface area contributed by atoms with Crippen molar-refractivity contribution in [3.63, 3.8) is 0 Å². The Morgan fingerprint density at radius 2 is 1.67 bits per heavy atom. The summed E-state index contributed by atoms with van der Waals surface area (Å²) < 4.78 is 35.3. The average Bonchev–Trinajstić information content (AvgIpc) is 2.73. The molecule has 0 aromatic heterocycles. The van der Waals surface area contributed by atoms with Crippen molar-refractivity contribution < 1.29 is 22.3 Å². The lowest BCUT2D eigenvalue weighted by Gasteiger charge is -2.11. The molecule has 30 heavy (non-hydrogen) atoms. The summed E-state index contributed by atoms with van der Waals surface area (Å²) in [5.41, 5.74) is 1.10. The number of aliphatic imine (C=N–C) groups is 1. The fourth-order valence-corrected chi connectivity index (χ4v) is 3.48. The molecule has 0 saturated heterocycles. The molecule has 0 heterocycles. The number of halogens is 1. The van der Waals surface area contributed by atoms with Gasteiger partial charge < -0.3 is 8.92 Å². The van der Waals surface area contributed by atoms with E-state index in [0.717, 1.165) is 0 Å². The molecular weight excluding hydrogens is 432 g/mol. The number of rotatable bonds is 7. The maximum absolute atomic E-state index is 12.5. The largest absolute Gasteiger partial charge is 0.493 e. The Bertz CT molecular complexity index is 1190. The molecule has 0 amide bonds. The maximum Gasteiger partial charge on any atom is 0.339 e. The number of nitro benzene ring substituents is 1. The van der Waals surface area contributed by atoms with Gasteiger partial charge in [-0.05, 0) is 60.2 Å². The third-order valence-corrected chi connectivity index (χ3v) is 5.41. The molecule has 0 aliphatic rings. The second-order valence-corrected chi connectivity index (χ2v) is 7.92. The van der Waals surface area contributed by atoms with Gasteiger partial charge in [-0.15, -0.1) is 0 Å². The van der Waals surface area contributed by atoms with Gasteiger partial charge in [-0.3, -0.25) is 15.1 Å². The first kappa shape index (κ1) is 21.3. The predicted molar refractivity (Wildman–Crippen MR) is 113 cm³/mol. The van der Waals surface area contributed by atoms with E-state index in [2.05, 4.69) is 4.99 Å². The second kappa shape index (κ2) is 8.93. The van der Waals surface area contributed by atoms with Crippen LogP contribution in [-0.4, -0.2) is 26.7 Å². The van der Waals surface area contributed by atoms with E-state index in [1.165, 1.54) is 67.9 Å². The molecule has 0 fully saturated rings. The topological polar surface area (TPSA) is 108 Å². The lowest BCUT2D eigenvalue weighted by atomic mass is 10.2. The molecule has 3 rings (SSSR count). The van der Waals surface area contributed by atoms with Crippen LogP contribution >= 0.6 is 11.6 Å². The number of benzene rings is 3. The van der Waals surface area contributed by atoms with Crippen molar-refractivity contribution in [2.24, 2.45) is 4.99 Å². The van der Waals surface area contributed by atoms with Crippen molar-refractivity contribution in [2.45, 2.75) is 4.90 Å². The molecule has 3 aromatic rings. The fourth-order valence-electron chi connectivity index (χ4n) is 2.41. The van der Waals surface area contributed by atoms with Crippen LogP contribution in [0.1, 0.15) is 5.56 Å². The minimum absolute atomic E-state index is 0.0138. The minimum Gasteiger partial charge on any atom is -0.493 e. The number of non-ortho nitro benzene ring substituents is 1. The SMILES string of the molecule is COc1cc(C=Nc2ccc([N+](=O)[O-])cc2)ccc1OS(=O)(=O)c1ccc(Cl)cc1. The van der Waals surface area contributed by atoms with Gasteiger partial charge in [0.2, 0.25) is 0 Å². The molecule has 0 radical (unpaired) electrons. The van der Waals surface area contributed by atoms with Crippen LogP contribution in [0, 0.1) is 10.1 Å². The van der Waals surface area contributed by atoms with Gasteiger partial charge in [0.1, 0.15) is 4.90 Å². The Morgan fingerprint density at radius 3 is 2.27 bits per heavy atom. The molecule has 0 atom stereocenters. The van der Waals surface area contributed by atoms with Crippen LogP contribution in [0.5, 0.6) is 11.5 Å². The smallest absolute Gasteiger partial charge is 0.339 e. The molecule has 0 saturated carbocycles. The first-order chi connectivity index (χ1) is 14.3. The zero-order valence-electron chi connectivity index (χ0n) is 15.6. The van der Waals surface area contributed by atoms with Crippen molar-refractivity contribution in [3.8, 4) is 11.5 Å². The van der Waals surface area contributed by atoms with Gasteiger partial charge in [0.15, 0.2) is 11.5 Å². The van der Waals surface area contributed by atoms with E-state index in [1.54, 1.807) is 12.1 Å². The van der Waals surface area contributed by atoms with Gasteiger partial charge in [0.05, 0.1) is 17.7 Å². The third-order valence-electron chi connectivity index (χ3n) is 3.91. The number of hydrogen-bond donors (Lipinski definition) is 0. The van der Waals surface area contributed by atoms with Gasteiger partial charge in [0, 0.05) is 23.4 Å². The van der Waals surface area contributed by atoms with Crippen LogP contribution in [0.2, 0.25) is 5.02 Å². The summed E-state index contributed by atoms with van der Waals surface area (Å²) in [6.07, 6.45) is 1.52. The Hall–Kier alpha value is -3.43. The molecule has 10 heteroatoms. The van der Waals surface area contributed by atoms with E-state index in [9.17, 15) is 18.5 Å². The molecule has 154 valence electrons. The van der Waals surface area contributed by atoms with Crippen LogP contribution in [0.25, 0.3) is 0 Å². The number of nitro groups is 1. The first-order valence-corrected chi connectivity index (χ1v) is 10.2. The van der Waals surface area contributed by atoms with Crippen molar-refractivity contribution in [1.29, 1.82) is 0 Å². The molecular formula is C20H15ClN2O6S. The van der Waals surface area contributed by atoms with Crippen molar-refractivity contribution in [2.75, 3.05) is 7.11 Å². The summed E-state index contributed by atoms with van der Waals surface area (Å²) >= 11 is 5.78. The quantitative estimate of drug-likeness (QED) is 0.224. The van der Waals surface area contributed by atoms with Gasteiger partial charge in [-0.25, -0.2) is 0 Å². The Labute approximate surface area is 177 Å². The van der Waals surface area contributed by atoms with Crippen LogP contribution in [0.15, 0.2) is 76.6 Å². The normalized spacial score (nSPS) is 11.4. The van der Waals surface area contributed by atoms with E-state index in [4.69, 9.17) is 20.5 Å². The van der Waals surface area contributed by atoms with E-state index in [0.29, 0.717) is 16.3 Å². The number of methoxy groups -OCH3 is 1. The molecule has 0 aliphatic carbocycles. The Balaban J connectivity index is 1.80. The summed E-state index contributed by atoms with van der Waals surface area (Å²) in [6, 6.07) is 15.9. The number of ether oxygens (including phenoxy) is 1. The van der Waals surface area contributed by atoms with E-state index < -0.39 is 15.0 Å². The molecule has 0 spiro atoms. The molecule has 0 unspecified atom stereocenters. The maximum atomic E-state index is 12.5. The summed E-state index contributed by atoms with van der Waals surface area (Å²) in [6.45, 7) is 0. The summed E-state index contributed by atoms with van der Waals surface area (Å²) in [5.74, 6) is 0.208. The standard InChI is InChI=1S/C20H15ClN2O6S/c1-28-20-12-14(13-22-16-5-7-17(8-6-16)23(24)25)2-11-19(20)29-30(26,27)18-9-3-15(21)4-10-18/h2-13H,1H3. The van der Waals surface area contributed by atoms with Crippen molar-refractivity contribution in [1.82, 2.24) is 0 Å². The van der Waals surface area contributed by atoms with Crippen molar-refractivity contribution in [3.05, 3.63) is 87.4 Å². The van der Waals surface area contributed by atoms with E-state index in [1.807, 2.05) is 0 Å². The van der Waals surface area contributed by atoms with E-state index >= 15 is 0 Å². The van der Waals surface area contributed by atoms with Crippen LogP contribution in [0.4, 0.5) is 11.4 Å². The Kier molecular flexibility index (Phi) is 6.34. The van der Waals surface area contributed by atoms with Crippen LogP contribution in [0.3, 0.4) is 0 Å². The van der Waals surface area contributed by atoms with Crippen LogP contribution < -0.4 is 8.92 Å². The first-order valence-electron chi connectivity index (χ1n) is 8.45. The van der Waals surface area contributed by atoms with Crippen molar-refractivity contribution >= 4 is 39.3 Å². The number of hydrogen-bond acceptors (Lipinski definition) is 7. The predicted octanol–water partition coefficient (Wildman–Crippen LogP) is 4.78. The lowest BCUT2D eigenvalue weighted by Crippen LogP contribution is -2.10. The summed E-state index contributed by atoms with van der Waals surface area (Å²) in [4.78, 5) is 14.4. The van der Waals surface area contributed by atoms with Gasteiger partial charge in [0.25, 0.3) is 5.69 Å². The highest BCUT2D eigenvalue weighted by molar-refractivity contribution is 7.87. The van der Waals surface area contributed by atoms with Gasteiger partial charge in [-0.2, -0.15) is 8.42 Å². The zero-order valence-corrected chi connectivity index (χ0v) is 17.1. The molecule has 0 aliphatic heterocycles. The highest BCUT2D eigenvalue weighted by Crippen LogP contribution is 2.31. The fraction of sp³-hybridized carbons (Fsp3) is 0.0500. The molecule has 8 nitrogen and oxygen atoms in total. The second-order valence-electron chi connectivity index (χ2n) is 5.93. The highest BCUT2D eigenvalue weighted by atomic mass is 35.5. The number of nitrogens with zero attached hydrogens (tertiary/aromatic N) is 2. The average molecular weight is 447 g/mol. The summed E-state index contributed by atoms with van der Waals surface area (Å²) in [5, 5.41) is 11.1. The molecule has 0 bridgehead atoms. The lowest BCUT2D eigenvalue weighted by molar-refractivity contribution is -0.384. The Morgan fingerprint density at radius 1 is 1.00 bits per heavy atom. The zero-order chi connectivity index (χ0) is 21.7. The monoisotopic (exact) mass is 446 g/mol. The highest BCUT2D eigenvalue weighted by Gasteiger charge is 2.19. The third kappa shape index (κ3) is 5.13. The van der Waals surface area contributed by atoms with Crippen LogP contribution in [-0.2, 0) is 10.1 Å². The molecule has 0 N–H and O–H groups in total. The van der Waals surface area contributed by atoms with E-state index in [-0.39, 0.29) is 22.1 Å².